The second kappa shape index (κ2) is 5.92. The maximum absolute atomic E-state index is 11.5. The van der Waals surface area contributed by atoms with Crippen LogP contribution in [0.5, 0.6) is 0 Å². The van der Waals surface area contributed by atoms with Crippen molar-refractivity contribution in [1.82, 2.24) is 0 Å². The highest BCUT2D eigenvalue weighted by Crippen LogP contribution is 2.29. The Labute approximate surface area is 122 Å². The molecule has 19 heavy (non-hydrogen) atoms. The van der Waals surface area contributed by atoms with Gasteiger partial charge in [0.05, 0.1) is 11.3 Å². The molecule has 0 saturated carbocycles. The van der Waals surface area contributed by atoms with Gasteiger partial charge in [-0.2, -0.15) is 0 Å². The van der Waals surface area contributed by atoms with E-state index >= 15 is 0 Å². The van der Waals surface area contributed by atoms with Gasteiger partial charge in [0.25, 0.3) is 5.91 Å². The molecule has 1 aromatic carbocycles. The Morgan fingerprint density at radius 2 is 2.26 bits per heavy atom. The summed E-state index contributed by atoms with van der Waals surface area (Å²) in [7, 11) is 0. The predicted octanol–water partition coefficient (Wildman–Crippen LogP) is 2.11. The number of primary amides is 1. The fourth-order valence-corrected chi connectivity index (χ4v) is 2.98. The van der Waals surface area contributed by atoms with Gasteiger partial charge in [0, 0.05) is 23.6 Å². The van der Waals surface area contributed by atoms with Gasteiger partial charge in [-0.3, -0.25) is 4.79 Å². The van der Waals surface area contributed by atoms with Gasteiger partial charge in [0.15, 0.2) is 0 Å². The predicted molar refractivity (Wildman–Crippen MR) is 81.2 cm³/mol. The van der Waals surface area contributed by atoms with Gasteiger partial charge in [-0.1, -0.05) is 15.9 Å². The molecule has 1 aliphatic rings. The van der Waals surface area contributed by atoms with Crippen molar-refractivity contribution in [1.29, 1.82) is 0 Å². The quantitative estimate of drug-likeness (QED) is 0.894. The third-order valence-corrected chi connectivity index (χ3v) is 4.26. The second-order valence-electron chi connectivity index (χ2n) is 5.23. The van der Waals surface area contributed by atoms with Crippen LogP contribution in [0, 0.1) is 5.92 Å². The number of amides is 1. The molecule has 1 heterocycles. The molecule has 4 nitrogen and oxygen atoms in total. The van der Waals surface area contributed by atoms with Gasteiger partial charge in [0.1, 0.15) is 0 Å². The summed E-state index contributed by atoms with van der Waals surface area (Å²) in [4.78, 5) is 13.8. The van der Waals surface area contributed by atoms with Crippen LogP contribution in [0.1, 0.15) is 30.1 Å². The van der Waals surface area contributed by atoms with E-state index < -0.39 is 0 Å². The molecule has 1 aromatic rings. The van der Waals surface area contributed by atoms with Crippen LogP contribution >= 0.6 is 15.9 Å². The molecule has 5 heteroatoms. The van der Waals surface area contributed by atoms with Crippen molar-refractivity contribution in [3.8, 4) is 0 Å². The van der Waals surface area contributed by atoms with Crippen LogP contribution in [0.3, 0.4) is 0 Å². The summed E-state index contributed by atoms with van der Waals surface area (Å²) < 4.78 is 0.954. The largest absolute Gasteiger partial charge is 0.371 e. The number of nitrogens with two attached hydrogens (primary N) is 2. The fourth-order valence-electron chi connectivity index (χ4n) is 2.63. The molecule has 0 aliphatic carbocycles. The van der Waals surface area contributed by atoms with E-state index in [-0.39, 0.29) is 11.9 Å². The van der Waals surface area contributed by atoms with E-state index in [0.717, 1.165) is 36.1 Å². The number of anilines is 1. The zero-order valence-corrected chi connectivity index (χ0v) is 12.7. The standard InChI is InChI=1S/C14H20BrN3O/c1-9(16)10-3-2-6-18(8-10)13-7-11(15)4-5-12(13)14(17)19/h4-5,7,9-10H,2-3,6,8,16H2,1H3,(H2,17,19). The lowest BCUT2D eigenvalue weighted by molar-refractivity contribution is 0.100. The molecule has 0 bridgehead atoms. The first-order chi connectivity index (χ1) is 8.99. The number of halogens is 1. The third-order valence-electron chi connectivity index (χ3n) is 3.77. The normalized spacial score (nSPS) is 21.2. The Kier molecular flexibility index (Phi) is 4.47. The number of nitrogens with zero attached hydrogens (tertiary/aromatic N) is 1. The average molecular weight is 326 g/mol. The number of hydrogen-bond acceptors (Lipinski definition) is 3. The molecular weight excluding hydrogens is 306 g/mol. The highest BCUT2D eigenvalue weighted by Gasteiger charge is 2.25. The van der Waals surface area contributed by atoms with Crippen molar-refractivity contribution in [3.05, 3.63) is 28.2 Å². The highest BCUT2D eigenvalue weighted by atomic mass is 79.9. The maximum atomic E-state index is 11.5. The lowest BCUT2D eigenvalue weighted by Crippen LogP contribution is -2.43. The average Bonchev–Trinajstić information content (AvgIpc) is 2.38. The van der Waals surface area contributed by atoms with Crippen LogP contribution in [-0.2, 0) is 0 Å². The Morgan fingerprint density at radius 1 is 1.53 bits per heavy atom. The molecule has 104 valence electrons. The van der Waals surface area contributed by atoms with E-state index in [2.05, 4.69) is 20.8 Å². The van der Waals surface area contributed by atoms with E-state index in [4.69, 9.17) is 11.5 Å². The Hall–Kier alpha value is -1.07. The van der Waals surface area contributed by atoms with Crippen LogP contribution in [0.25, 0.3) is 0 Å². The molecule has 2 unspecified atom stereocenters. The Morgan fingerprint density at radius 3 is 2.89 bits per heavy atom. The van der Waals surface area contributed by atoms with Gasteiger partial charge in [-0.25, -0.2) is 0 Å². The van der Waals surface area contributed by atoms with Gasteiger partial charge >= 0.3 is 0 Å². The lowest BCUT2D eigenvalue weighted by atomic mass is 9.91. The molecular formula is C14H20BrN3O. The first-order valence-electron chi connectivity index (χ1n) is 6.59. The topological polar surface area (TPSA) is 72.3 Å². The molecule has 2 atom stereocenters. The SMILES string of the molecule is CC(N)C1CCCN(c2cc(Br)ccc2C(N)=O)C1. The maximum Gasteiger partial charge on any atom is 0.250 e. The summed E-state index contributed by atoms with van der Waals surface area (Å²) in [5.74, 6) is 0.0823. The monoisotopic (exact) mass is 325 g/mol. The molecule has 0 aromatic heterocycles. The van der Waals surface area contributed by atoms with E-state index in [1.165, 1.54) is 0 Å². The minimum Gasteiger partial charge on any atom is -0.371 e. The Bertz CT molecular complexity index is 476. The van der Waals surface area contributed by atoms with Gasteiger partial charge in [-0.15, -0.1) is 0 Å². The van der Waals surface area contributed by atoms with Crippen LogP contribution in [0.4, 0.5) is 5.69 Å². The zero-order chi connectivity index (χ0) is 14.0. The molecule has 1 fully saturated rings. The van der Waals surface area contributed by atoms with E-state index in [0.29, 0.717) is 11.5 Å². The Balaban J connectivity index is 2.30. The van der Waals surface area contributed by atoms with E-state index in [1.807, 2.05) is 19.1 Å². The van der Waals surface area contributed by atoms with Crippen LogP contribution in [0.2, 0.25) is 0 Å². The number of benzene rings is 1. The van der Waals surface area contributed by atoms with E-state index in [1.54, 1.807) is 6.07 Å². The third kappa shape index (κ3) is 3.28. The summed E-state index contributed by atoms with van der Waals surface area (Å²) in [5.41, 5.74) is 13.0. The number of hydrogen-bond donors (Lipinski definition) is 2. The van der Waals surface area contributed by atoms with Crippen LogP contribution in [0.15, 0.2) is 22.7 Å². The molecule has 2 rings (SSSR count). The van der Waals surface area contributed by atoms with Gasteiger partial charge in [0.2, 0.25) is 0 Å². The van der Waals surface area contributed by atoms with Crippen molar-refractivity contribution in [2.75, 3.05) is 18.0 Å². The summed E-state index contributed by atoms with van der Waals surface area (Å²) in [6.45, 7) is 3.87. The first-order valence-corrected chi connectivity index (χ1v) is 7.38. The van der Waals surface area contributed by atoms with Crippen molar-refractivity contribution in [3.63, 3.8) is 0 Å². The molecule has 1 amide bonds. The smallest absolute Gasteiger partial charge is 0.250 e. The minimum atomic E-state index is -0.384. The van der Waals surface area contributed by atoms with Gasteiger partial charge in [-0.05, 0) is 43.9 Å². The highest BCUT2D eigenvalue weighted by molar-refractivity contribution is 9.10. The number of rotatable bonds is 3. The van der Waals surface area contributed by atoms with Crippen molar-refractivity contribution in [2.24, 2.45) is 17.4 Å². The number of piperidine rings is 1. The molecule has 0 radical (unpaired) electrons. The molecule has 4 N–H and O–H groups in total. The van der Waals surface area contributed by atoms with Crippen molar-refractivity contribution < 1.29 is 4.79 Å². The zero-order valence-electron chi connectivity index (χ0n) is 11.1. The summed E-state index contributed by atoms with van der Waals surface area (Å²) in [6.07, 6.45) is 2.24. The summed E-state index contributed by atoms with van der Waals surface area (Å²) in [5, 5.41) is 0. The van der Waals surface area contributed by atoms with Crippen LogP contribution in [-0.4, -0.2) is 25.0 Å². The van der Waals surface area contributed by atoms with Gasteiger partial charge < -0.3 is 16.4 Å². The van der Waals surface area contributed by atoms with Crippen molar-refractivity contribution >= 4 is 27.5 Å². The van der Waals surface area contributed by atoms with Crippen LogP contribution < -0.4 is 16.4 Å². The lowest BCUT2D eigenvalue weighted by Gasteiger charge is -2.37. The number of carbonyl (C=O) groups excluding carboxylic acids is 1. The summed E-state index contributed by atoms with van der Waals surface area (Å²) in [6, 6.07) is 5.75. The minimum absolute atomic E-state index is 0.173. The number of carbonyl (C=O) groups is 1. The first kappa shape index (κ1) is 14.3. The molecule has 1 aliphatic heterocycles. The van der Waals surface area contributed by atoms with E-state index in [9.17, 15) is 4.79 Å². The second-order valence-corrected chi connectivity index (χ2v) is 6.15. The fraction of sp³-hybridized carbons (Fsp3) is 0.500. The summed E-state index contributed by atoms with van der Waals surface area (Å²) >= 11 is 3.45. The van der Waals surface area contributed by atoms with Crippen molar-refractivity contribution in [2.45, 2.75) is 25.8 Å². The molecule has 1 saturated heterocycles. The molecule has 0 spiro atoms.